The molecular weight excluding hydrogens is 519 g/mol. The lowest BCUT2D eigenvalue weighted by Crippen LogP contribution is -2.54. The Balaban J connectivity index is 1.12. The van der Waals surface area contributed by atoms with E-state index < -0.39 is 9.84 Å². The van der Waals surface area contributed by atoms with Crippen molar-refractivity contribution in [3.05, 3.63) is 76.7 Å². The van der Waals surface area contributed by atoms with Gasteiger partial charge < -0.3 is 14.4 Å². The Hall–Kier alpha value is -3.46. The number of rotatable bonds is 8. The summed E-state index contributed by atoms with van der Waals surface area (Å²) in [5.41, 5.74) is 5.32. The largest absolute Gasteiger partial charge is 0.489 e. The van der Waals surface area contributed by atoms with Gasteiger partial charge in [0.05, 0.1) is 17.8 Å². The third kappa shape index (κ3) is 4.77. The predicted octanol–water partition coefficient (Wildman–Crippen LogP) is 4.46. The molecule has 1 aliphatic heterocycles. The van der Waals surface area contributed by atoms with Crippen LogP contribution in [0.1, 0.15) is 35.2 Å². The monoisotopic (exact) mass is 550 g/mol. The van der Waals surface area contributed by atoms with Crippen LogP contribution < -0.4 is 9.64 Å². The van der Waals surface area contributed by atoms with E-state index in [1.54, 1.807) is 12.1 Å². The van der Waals surface area contributed by atoms with Crippen LogP contribution in [0.2, 0.25) is 0 Å². The molecule has 2 heterocycles. The average Bonchev–Trinajstić information content (AvgIpc) is 3.44. The first-order valence-electron chi connectivity index (χ1n) is 13.3. The minimum absolute atomic E-state index is 0.0247. The van der Waals surface area contributed by atoms with Gasteiger partial charge in [0.25, 0.3) is 0 Å². The fourth-order valence-corrected chi connectivity index (χ4v) is 6.88. The van der Waals surface area contributed by atoms with E-state index in [0.29, 0.717) is 36.9 Å². The lowest BCUT2D eigenvalue weighted by atomic mass is 10.0. The van der Waals surface area contributed by atoms with Crippen molar-refractivity contribution in [1.29, 1.82) is 0 Å². The van der Waals surface area contributed by atoms with Crippen LogP contribution in [0.5, 0.6) is 5.75 Å². The highest BCUT2D eigenvalue weighted by molar-refractivity contribution is 7.91. The summed E-state index contributed by atoms with van der Waals surface area (Å²) in [6.07, 6.45) is 2.10. The highest BCUT2D eigenvalue weighted by Crippen LogP contribution is 2.62. The predicted molar refractivity (Wildman–Crippen MR) is 146 cm³/mol. The minimum atomic E-state index is -3.05. The second-order valence-corrected chi connectivity index (χ2v) is 13.1. The Morgan fingerprint density at radius 1 is 1.13 bits per heavy atom. The Kier molecular flexibility index (Phi) is 6.37. The molecule has 39 heavy (non-hydrogen) atoms. The molecule has 2 aliphatic carbocycles. The van der Waals surface area contributed by atoms with Gasteiger partial charge in [0, 0.05) is 42.1 Å². The van der Waals surface area contributed by atoms with E-state index in [4.69, 9.17) is 9.47 Å². The first-order valence-corrected chi connectivity index (χ1v) is 15.2. The third-order valence-electron chi connectivity index (χ3n) is 8.26. The maximum atomic E-state index is 14.7. The van der Waals surface area contributed by atoms with Gasteiger partial charge in [-0.15, -0.1) is 0 Å². The molecule has 7 nitrogen and oxygen atoms in total. The number of ether oxygens (including phenoxy) is 2. The normalized spacial score (nSPS) is 21.6. The number of carbonyl (C=O) groups is 1. The number of aromatic nitrogens is 1. The molecule has 0 spiro atoms. The number of halogens is 1. The summed E-state index contributed by atoms with van der Waals surface area (Å²) in [4.78, 5) is 18.8. The number of pyridine rings is 1. The number of esters is 1. The zero-order valence-electron chi connectivity index (χ0n) is 22.2. The van der Waals surface area contributed by atoms with E-state index >= 15 is 0 Å². The van der Waals surface area contributed by atoms with Crippen LogP contribution in [-0.2, 0) is 32.4 Å². The summed E-state index contributed by atoms with van der Waals surface area (Å²) in [6, 6.07) is 14.7. The SMILES string of the molecule is CCOC(=O)[C@H]1[C@@H]2Cc3cc(OCc4cc(-c5ccc(N6CC(S(C)(=O)=O)C6)nc5C)ccc4F)ccc3[C@@H]21. The number of aryl methyl sites for hydroxylation is 1. The summed E-state index contributed by atoms with van der Waals surface area (Å²) in [5.74, 6) is 1.51. The molecule has 1 aromatic heterocycles. The van der Waals surface area contributed by atoms with Crippen molar-refractivity contribution in [3.63, 3.8) is 0 Å². The summed E-state index contributed by atoms with van der Waals surface area (Å²) >= 11 is 0. The first kappa shape index (κ1) is 25.8. The molecule has 204 valence electrons. The smallest absolute Gasteiger partial charge is 0.309 e. The highest BCUT2D eigenvalue weighted by Gasteiger charge is 2.60. The van der Waals surface area contributed by atoms with Crippen LogP contribution in [-0.4, -0.2) is 50.6 Å². The van der Waals surface area contributed by atoms with Gasteiger partial charge in [0.2, 0.25) is 0 Å². The van der Waals surface area contributed by atoms with Gasteiger partial charge in [-0.25, -0.2) is 17.8 Å². The highest BCUT2D eigenvalue weighted by atomic mass is 32.2. The Morgan fingerprint density at radius 3 is 2.64 bits per heavy atom. The molecule has 0 N–H and O–H groups in total. The van der Waals surface area contributed by atoms with Gasteiger partial charge >= 0.3 is 5.97 Å². The molecule has 1 saturated carbocycles. The standard InChI is InChI=1S/C30H31FN2O5S/c1-4-37-30(34)29-25-13-19-12-21(6-7-24(19)28(25)29)38-16-20-11-18(5-9-26(20)31)23-8-10-27(32-17(23)2)33-14-22(15-33)39(3,35)36/h5-12,22,25,28-29H,4,13-16H2,1-3H3/t25-,28+,29+/m1/s1. The van der Waals surface area contributed by atoms with E-state index in [1.807, 2.05) is 49.1 Å². The number of benzene rings is 2. The third-order valence-corrected chi connectivity index (χ3v) is 9.77. The van der Waals surface area contributed by atoms with Crippen molar-refractivity contribution in [1.82, 2.24) is 4.98 Å². The maximum absolute atomic E-state index is 14.7. The van der Waals surface area contributed by atoms with E-state index in [-0.39, 0.29) is 35.5 Å². The molecule has 0 amide bonds. The second kappa shape index (κ2) is 9.62. The van der Waals surface area contributed by atoms with Crippen molar-refractivity contribution >= 4 is 21.6 Å². The molecule has 6 rings (SSSR count). The summed E-state index contributed by atoms with van der Waals surface area (Å²) < 4.78 is 49.3. The van der Waals surface area contributed by atoms with Crippen molar-refractivity contribution in [2.45, 2.75) is 38.0 Å². The van der Waals surface area contributed by atoms with Crippen molar-refractivity contribution in [2.75, 3.05) is 30.9 Å². The van der Waals surface area contributed by atoms with Crippen molar-refractivity contribution < 1.29 is 27.1 Å². The van der Waals surface area contributed by atoms with E-state index in [2.05, 4.69) is 4.98 Å². The lowest BCUT2D eigenvalue weighted by Gasteiger charge is -2.39. The van der Waals surface area contributed by atoms with Crippen LogP contribution in [0.25, 0.3) is 11.1 Å². The second-order valence-electron chi connectivity index (χ2n) is 10.8. The molecule has 0 bridgehead atoms. The van der Waals surface area contributed by atoms with Gasteiger partial charge in [-0.2, -0.15) is 0 Å². The van der Waals surface area contributed by atoms with E-state index in [0.717, 1.165) is 29.1 Å². The molecule has 3 aliphatic rings. The van der Waals surface area contributed by atoms with Crippen molar-refractivity contribution in [2.24, 2.45) is 11.8 Å². The number of hydrogen-bond donors (Lipinski definition) is 0. The minimum Gasteiger partial charge on any atom is -0.489 e. The fraction of sp³-hybridized carbons (Fsp3) is 0.400. The number of fused-ring (bicyclic) bond motifs is 3. The molecule has 3 aromatic rings. The molecule has 1 saturated heterocycles. The van der Waals surface area contributed by atoms with Crippen LogP contribution >= 0.6 is 0 Å². The number of anilines is 1. The molecule has 2 fully saturated rings. The van der Waals surface area contributed by atoms with E-state index in [1.165, 1.54) is 23.4 Å². The summed E-state index contributed by atoms with van der Waals surface area (Å²) in [6.45, 7) is 5.10. The molecular formula is C30H31FN2O5S. The van der Waals surface area contributed by atoms with Crippen LogP contribution in [0.4, 0.5) is 10.2 Å². The quantitative estimate of drug-likeness (QED) is 0.383. The Labute approximate surface area is 227 Å². The molecule has 0 unspecified atom stereocenters. The van der Waals surface area contributed by atoms with Gasteiger partial charge in [-0.1, -0.05) is 12.1 Å². The summed E-state index contributed by atoms with van der Waals surface area (Å²) in [5, 5.41) is -0.350. The zero-order chi connectivity index (χ0) is 27.5. The van der Waals surface area contributed by atoms with Crippen molar-refractivity contribution in [3.8, 4) is 16.9 Å². The summed E-state index contributed by atoms with van der Waals surface area (Å²) in [7, 11) is -3.05. The number of sulfone groups is 1. The van der Waals surface area contributed by atoms with Crippen LogP contribution in [0.3, 0.4) is 0 Å². The van der Waals surface area contributed by atoms with Gasteiger partial charge in [-0.05, 0) is 79.3 Å². The van der Waals surface area contributed by atoms with Gasteiger partial charge in [0.15, 0.2) is 9.84 Å². The van der Waals surface area contributed by atoms with Gasteiger partial charge in [0.1, 0.15) is 24.0 Å². The topological polar surface area (TPSA) is 85.8 Å². The Bertz CT molecular complexity index is 1570. The zero-order valence-corrected chi connectivity index (χ0v) is 23.0. The number of carbonyl (C=O) groups excluding carboxylic acids is 1. The average molecular weight is 551 g/mol. The number of nitrogens with zero attached hydrogens (tertiary/aromatic N) is 2. The molecule has 9 heteroatoms. The molecule has 0 radical (unpaired) electrons. The lowest BCUT2D eigenvalue weighted by molar-refractivity contribution is -0.145. The van der Waals surface area contributed by atoms with E-state index in [9.17, 15) is 17.6 Å². The van der Waals surface area contributed by atoms with Gasteiger partial charge in [-0.3, -0.25) is 4.79 Å². The Morgan fingerprint density at radius 2 is 1.92 bits per heavy atom. The molecule has 2 aromatic carbocycles. The molecule has 3 atom stereocenters. The van der Waals surface area contributed by atoms with Crippen LogP contribution in [0, 0.1) is 24.6 Å². The maximum Gasteiger partial charge on any atom is 0.309 e. The van der Waals surface area contributed by atoms with Crippen LogP contribution in [0.15, 0.2) is 48.5 Å². The fourth-order valence-electron chi connectivity index (χ4n) is 5.98. The first-order chi connectivity index (χ1) is 18.6. The number of hydrogen-bond acceptors (Lipinski definition) is 7.